The molecule has 0 aliphatic carbocycles. The van der Waals surface area contributed by atoms with Gasteiger partial charge in [0.05, 0.1) is 10.0 Å². The van der Waals surface area contributed by atoms with E-state index >= 15 is 0 Å². The number of halogens is 2. The third-order valence-electron chi connectivity index (χ3n) is 3.61. The third kappa shape index (κ3) is 3.44. The molecule has 118 valence electrons. The molecule has 0 aliphatic heterocycles. The lowest BCUT2D eigenvalue weighted by molar-refractivity contribution is 0.0954. The summed E-state index contributed by atoms with van der Waals surface area (Å²) >= 11 is 11.8. The van der Waals surface area contributed by atoms with Gasteiger partial charge in [-0.3, -0.25) is 4.79 Å². The molecule has 1 aromatic heterocycles. The number of hydrogen-bond acceptors (Lipinski definition) is 2. The molecule has 23 heavy (non-hydrogen) atoms. The number of aromatic nitrogens is 1. The highest BCUT2D eigenvalue weighted by Crippen LogP contribution is 2.23. The molecule has 0 atom stereocenters. The van der Waals surface area contributed by atoms with Crippen molar-refractivity contribution in [2.45, 2.75) is 6.42 Å². The number of phenolic OH excluding ortho intramolecular Hbond substituents is 1. The van der Waals surface area contributed by atoms with Crippen molar-refractivity contribution < 1.29 is 9.90 Å². The van der Waals surface area contributed by atoms with E-state index < -0.39 is 0 Å². The van der Waals surface area contributed by atoms with Crippen LogP contribution in [0.4, 0.5) is 0 Å². The van der Waals surface area contributed by atoms with E-state index in [1.165, 1.54) is 0 Å². The number of nitrogens with one attached hydrogen (secondary N) is 2. The fourth-order valence-electron chi connectivity index (χ4n) is 2.43. The molecule has 6 heteroatoms. The second-order valence-corrected chi connectivity index (χ2v) is 5.99. The van der Waals surface area contributed by atoms with Crippen molar-refractivity contribution in [1.29, 1.82) is 0 Å². The van der Waals surface area contributed by atoms with Gasteiger partial charge in [0.15, 0.2) is 0 Å². The van der Waals surface area contributed by atoms with Crippen LogP contribution in [0.2, 0.25) is 10.0 Å². The topological polar surface area (TPSA) is 65.1 Å². The van der Waals surface area contributed by atoms with Crippen LogP contribution in [0.1, 0.15) is 15.9 Å². The zero-order valence-corrected chi connectivity index (χ0v) is 13.6. The molecular formula is C17H14Cl2N2O2. The molecule has 4 nitrogen and oxygen atoms in total. The molecule has 3 aromatic rings. The lowest BCUT2D eigenvalue weighted by Crippen LogP contribution is -2.25. The van der Waals surface area contributed by atoms with Crippen molar-refractivity contribution in [3.05, 3.63) is 63.8 Å². The Kier molecular flexibility index (Phi) is 4.46. The van der Waals surface area contributed by atoms with Gasteiger partial charge in [-0.2, -0.15) is 0 Å². The Morgan fingerprint density at radius 3 is 2.74 bits per heavy atom. The van der Waals surface area contributed by atoms with E-state index in [0.717, 1.165) is 16.5 Å². The largest absolute Gasteiger partial charge is 0.508 e. The van der Waals surface area contributed by atoms with E-state index in [9.17, 15) is 9.90 Å². The maximum absolute atomic E-state index is 12.1. The van der Waals surface area contributed by atoms with Gasteiger partial charge in [-0.25, -0.2) is 0 Å². The van der Waals surface area contributed by atoms with Crippen molar-refractivity contribution in [2.75, 3.05) is 6.54 Å². The first kappa shape index (κ1) is 15.7. The molecule has 0 saturated heterocycles. The van der Waals surface area contributed by atoms with Gasteiger partial charge in [0.2, 0.25) is 0 Å². The number of hydrogen-bond donors (Lipinski definition) is 3. The number of H-pyrrole nitrogens is 1. The SMILES string of the molecule is O=C(NCCc1c[nH]c2cc(O)ccc12)c1ccc(Cl)c(Cl)c1. The van der Waals surface area contributed by atoms with Gasteiger partial charge >= 0.3 is 0 Å². The lowest BCUT2D eigenvalue weighted by atomic mass is 10.1. The van der Waals surface area contributed by atoms with E-state index in [-0.39, 0.29) is 11.7 Å². The summed E-state index contributed by atoms with van der Waals surface area (Å²) < 4.78 is 0. The highest BCUT2D eigenvalue weighted by Gasteiger charge is 2.09. The van der Waals surface area contributed by atoms with E-state index in [0.29, 0.717) is 28.6 Å². The summed E-state index contributed by atoms with van der Waals surface area (Å²) in [6, 6.07) is 9.97. The van der Waals surface area contributed by atoms with Crippen molar-refractivity contribution >= 4 is 40.0 Å². The quantitative estimate of drug-likeness (QED) is 0.662. The molecule has 0 aliphatic rings. The zero-order chi connectivity index (χ0) is 16.4. The first-order valence-corrected chi connectivity index (χ1v) is 7.82. The van der Waals surface area contributed by atoms with Crippen LogP contribution in [-0.4, -0.2) is 22.5 Å². The Labute approximate surface area is 143 Å². The summed E-state index contributed by atoms with van der Waals surface area (Å²) in [4.78, 5) is 15.2. The molecule has 0 bridgehead atoms. The van der Waals surface area contributed by atoms with Crippen LogP contribution in [0.5, 0.6) is 5.75 Å². The van der Waals surface area contributed by atoms with E-state index in [2.05, 4.69) is 10.3 Å². The normalized spacial score (nSPS) is 10.9. The molecule has 0 saturated carbocycles. The number of aromatic hydroxyl groups is 1. The summed E-state index contributed by atoms with van der Waals surface area (Å²) in [7, 11) is 0. The smallest absolute Gasteiger partial charge is 0.251 e. The number of amides is 1. The molecule has 2 aromatic carbocycles. The standard InChI is InChI=1S/C17H14Cl2N2O2/c18-14-4-1-10(7-15(14)19)17(23)20-6-5-11-9-21-16-8-12(22)2-3-13(11)16/h1-4,7-9,21-22H,5-6H2,(H,20,23). The molecule has 1 amide bonds. The minimum Gasteiger partial charge on any atom is -0.508 e. The highest BCUT2D eigenvalue weighted by molar-refractivity contribution is 6.42. The van der Waals surface area contributed by atoms with Gasteiger partial charge in [-0.15, -0.1) is 0 Å². The van der Waals surface area contributed by atoms with Gasteiger partial charge in [0, 0.05) is 35.3 Å². The second kappa shape index (κ2) is 6.52. The van der Waals surface area contributed by atoms with Gasteiger partial charge in [-0.1, -0.05) is 23.2 Å². The molecule has 0 unspecified atom stereocenters. The van der Waals surface area contributed by atoms with Crippen molar-refractivity contribution in [1.82, 2.24) is 10.3 Å². The molecule has 3 rings (SSSR count). The summed E-state index contributed by atoms with van der Waals surface area (Å²) in [5.74, 6) is 0.0277. The van der Waals surface area contributed by atoms with Crippen LogP contribution in [0, 0.1) is 0 Å². The minimum atomic E-state index is -0.193. The van der Waals surface area contributed by atoms with Crippen molar-refractivity contribution in [2.24, 2.45) is 0 Å². The Bertz CT molecular complexity index is 874. The first-order valence-electron chi connectivity index (χ1n) is 7.07. The average molecular weight is 349 g/mol. The zero-order valence-electron chi connectivity index (χ0n) is 12.1. The van der Waals surface area contributed by atoms with Crippen molar-refractivity contribution in [3.63, 3.8) is 0 Å². The Hall–Kier alpha value is -2.17. The van der Waals surface area contributed by atoms with Crippen LogP contribution in [0.3, 0.4) is 0 Å². The maximum Gasteiger partial charge on any atom is 0.251 e. The molecule has 0 radical (unpaired) electrons. The van der Waals surface area contributed by atoms with E-state index in [1.807, 2.05) is 12.3 Å². The molecule has 0 spiro atoms. The molecular weight excluding hydrogens is 335 g/mol. The Balaban J connectivity index is 1.64. The summed E-state index contributed by atoms with van der Waals surface area (Å²) in [6.45, 7) is 0.493. The Morgan fingerprint density at radius 1 is 1.13 bits per heavy atom. The van der Waals surface area contributed by atoms with Crippen LogP contribution in [-0.2, 0) is 6.42 Å². The fourth-order valence-corrected chi connectivity index (χ4v) is 2.73. The fraction of sp³-hybridized carbons (Fsp3) is 0.118. The number of rotatable bonds is 4. The number of phenols is 1. The minimum absolute atomic E-state index is 0.193. The van der Waals surface area contributed by atoms with E-state index in [4.69, 9.17) is 23.2 Å². The molecule has 1 heterocycles. The maximum atomic E-state index is 12.1. The molecule has 0 fully saturated rings. The summed E-state index contributed by atoms with van der Waals surface area (Å²) in [5.41, 5.74) is 2.42. The summed E-state index contributed by atoms with van der Waals surface area (Å²) in [5, 5.41) is 14.1. The second-order valence-electron chi connectivity index (χ2n) is 5.18. The third-order valence-corrected chi connectivity index (χ3v) is 4.35. The number of benzene rings is 2. The number of fused-ring (bicyclic) bond motifs is 1. The average Bonchev–Trinajstić information content (AvgIpc) is 2.92. The van der Waals surface area contributed by atoms with Gasteiger partial charge in [0.25, 0.3) is 5.91 Å². The monoisotopic (exact) mass is 348 g/mol. The highest BCUT2D eigenvalue weighted by atomic mass is 35.5. The van der Waals surface area contributed by atoms with Crippen LogP contribution in [0.15, 0.2) is 42.6 Å². The van der Waals surface area contributed by atoms with Crippen LogP contribution >= 0.6 is 23.2 Å². The number of carbonyl (C=O) groups is 1. The lowest BCUT2D eigenvalue weighted by Gasteiger charge is -2.06. The van der Waals surface area contributed by atoms with Crippen LogP contribution < -0.4 is 5.32 Å². The number of carbonyl (C=O) groups excluding carboxylic acids is 1. The van der Waals surface area contributed by atoms with Crippen LogP contribution in [0.25, 0.3) is 10.9 Å². The predicted molar refractivity (Wildman–Crippen MR) is 92.5 cm³/mol. The van der Waals surface area contributed by atoms with Gasteiger partial charge < -0.3 is 15.4 Å². The van der Waals surface area contributed by atoms with E-state index in [1.54, 1.807) is 30.3 Å². The van der Waals surface area contributed by atoms with Gasteiger partial charge in [-0.05, 0) is 42.3 Å². The van der Waals surface area contributed by atoms with Crippen molar-refractivity contribution in [3.8, 4) is 5.75 Å². The number of aromatic amines is 1. The summed E-state index contributed by atoms with van der Waals surface area (Å²) in [6.07, 6.45) is 2.56. The first-order chi connectivity index (χ1) is 11.0. The Morgan fingerprint density at radius 2 is 1.96 bits per heavy atom. The molecule has 3 N–H and O–H groups in total. The predicted octanol–water partition coefficient (Wildman–Crippen LogP) is 4.15. The van der Waals surface area contributed by atoms with Gasteiger partial charge in [0.1, 0.15) is 5.75 Å².